The van der Waals surface area contributed by atoms with Crippen LogP contribution in [0.25, 0.3) is 0 Å². The Hall–Kier alpha value is -1.50. The van der Waals surface area contributed by atoms with Crippen molar-refractivity contribution in [3.05, 3.63) is 24.0 Å². The molecule has 0 aliphatic carbocycles. The molecule has 0 saturated carbocycles. The molecule has 0 aliphatic heterocycles. The Morgan fingerprint density at radius 1 is 1.59 bits per heavy atom. The second kappa shape index (κ2) is 5.22. The highest BCUT2D eigenvalue weighted by Crippen LogP contribution is 2.13. The van der Waals surface area contributed by atoms with E-state index in [-0.39, 0.29) is 6.54 Å². The number of alkyl halides is 3. The van der Waals surface area contributed by atoms with Crippen LogP contribution in [0.5, 0.6) is 0 Å². The summed E-state index contributed by atoms with van der Waals surface area (Å²) in [6.07, 6.45) is -2.04. The minimum Gasteiger partial charge on any atom is -0.389 e. The third kappa shape index (κ3) is 4.90. The van der Waals surface area contributed by atoms with E-state index < -0.39 is 24.7 Å². The molecule has 0 fully saturated rings. The number of halogens is 3. The van der Waals surface area contributed by atoms with E-state index in [1.54, 1.807) is 18.3 Å². The van der Waals surface area contributed by atoms with E-state index in [9.17, 15) is 23.1 Å². The maximum absolute atomic E-state index is 11.8. The summed E-state index contributed by atoms with van der Waals surface area (Å²) in [5, 5.41) is 11.0. The zero-order valence-corrected chi connectivity index (χ0v) is 9.16. The number of amides is 1. The molecule has 1 atom stereocenters. The quantitative estimate of drug-likeness (QED) is 0.844. The van der Waals surface area contributed by atoms with Crippen molar-refractivity contribution in [3.63, 3.8) is 0 Å². The average molecular weight is 250 g/mol. The van der Waals surface area contributed by atoms with E-state index in [0.717, 1.165) is 0 Å². The molecule has 96 valence electrons. The summed E-state index contributed by atoms with van der Waals surface area (Å²) in [4.78, 5) is 11.1. The molecular formula is C10H13F3N2O2. The Bertz CT molecular complexity index is 385. The number of rotatable bonds is 4. The predicted octanol–water partition coefficient (Wildman–Crippen LogP) is 1.22. The number of aromatic nitrogens is 1. The van der Waals surface area contributed by atoms with E-state index in [1.807, 2.05) is 0 Å². The normalized spacial score (nSPS) is 13.5. The number of nitrogens with one attached hydrogen (secondary N) is 1. The Kier molecular flexibility index (Phi) is 4.17. The van der Waals surface area contributed by atoms with Crippen LogP contribution in [0.1, 0.15) is 18.6 Å². The van der Waals surface area contributed by atoms with Gasteiger partial charge in [0.15, 0.2) is 0 Å². The zero-order chi connectivity index (χ0) is 13.1. The van der Waals surface area contributed by atoms with Crippen LogP contribution in [0.2, 0.25) is 0 Å². The zero-order valence-electron chi connectivity index (χ0n) is 9.16. The minimum absolute atomic E-state index is 0.206. The lowest BCUT2D eigenvalue weighted by atomic mass is 10.2. The van der Waals surface area contributed by atoms with Gasteiger partial charge < -0.3 is 15.0 Å². The standard InChI is InChI=1S/C10H13F3N2O2/c1-7(16)8-2-3-15(4-8)5-9(17)14-6-10(11,12)13/h2-4,7,16H,5-6H2,1H3,(H,14,17). The summed E-state index contributed by atoms with van der Waals surface area (Å²) in [6, 6.07) is 1.60. The van der Waals surface area contributed by atoms with Crippen LogP contribution in [-0.2, 0) is 11.3 Å². The average Bonchev–Trinajstić information content (AvgIpc) is 2.62. The van der Waals surface area contributed by atoms with Crippen molar-refractivity contribution >= 4 is 5.91 Å². The molecule has 1 unspecified atom stereocenters. The third-order valence-electron chi connectivity index (χ3n) is 2.07. The lowest BCUT2D eigenvalue weighted by Gasteiger charge is -2.08. The molecule has 4 nitrogen and oxygen atoms in total. The molecule has 0 spiro atoms. The molecule has 2 N–H and O–H groups in total. The SMILES string of the molecule is CC(O)c1ccn(CC(=O)NCC(F)(F)F)c1. The van der Waals surface area contributed by atoms with E-state index >= 15 is 0 Å². The van der Waals surface area contributed by atoms with Crippen molar-refractivity contribution in [2.75, 3.05) is 6.54 Å². The van der Waals surface area contributed by atoms with Gasteiger partial charge in [0.05, 0.1) is 6.10 Å². The van der Waals surface area contributed by atoms with Crippen LogP contribution >= 0.6 is 0 Å². The fourth-order valence-corrected chi connectivity index (χ4v) is 1.23. The monoisotopic (exact) mass is 250 g/mol. The number of aliphatic hydroxyl groups is 1. The second-order valence-corrected chi connectivity index (χ2v) is 3.69. The van der Waals surface area contributed by atoms with Crippen LogP contribution in [0.15, 0.2) is 18.5 Å². The smallest absolute Gasteiger partial charge is 0.389 e. The first kappa shape index (κ1) is 13.6. The Morgan fingerprint density at radius 2 is 2.24 bits per heavy atom. The van der Waals surface area contributed by atoms with E-state index in [0.29, 0.717) is 5.56 Å². The van der Waals surface area contributed by atoms with Crippen molar-refractivity contribution in [2.24, 2.45) is 0 Å². The molecule has 0 saturated heterocycles. The fraction of sp³-hybridized carbons (Fsp3) is 0.500. The van der Waals surface area contributed by atoms with Crippen LogP contribution in [0.4, 0.5) is 13.2 Å². The molecule has 7 heteroatoms. The lowest BCUT2D eigenvalue weighted by molar-refractivity contribution is -0.138. The molecule has 1 heterocycles. The summed E-state index contributed by atoms with van der Waals surface area (Å²) in [7, 11) is 0. The summed E-state index contributed by atoms with van der Waals surface area (Å²) in [5.41, 5.74) is 0.605. The maximum Gasteiger partial charge on any atom is 0.405 e. The van der Waals surface area contributed by atoms with Crippen LogP contribution in [0, 0.1) is 0 Å². The number of nitrogens with zero attached hydrogens (tertiary/aromatic N) is 1. The van der Waals surface area contributed by atoms with Gasteiger partial charge in [0.25, 0.3) is 0 Å². The molecule has 0 aromatic carbocycles. The number of carbonyl (C=O) groups is 1. The minimum atomic E-state index is -4.41. The molecule has 1 aromatic heterocycles. The molecule has 17 heavy (non-hydrogen) atoms. The van der Waals surface area contributed by atoms with Gasteiger partial charge in [-0.3, -0.25) is 4.79 Å². The molecule has 0 bridgehead atoms. The Labute approximate surface area is 96.0 Å². The first-order valence-corrected chi connectivity index (χ1v) is 4.95. The van der Waals surface area contributed by atoms with Gasteiger partial charge in [-0.25, -0.2) is 0 Å². The van der Waals surface area contributed by atoms with Crippen LogP contribution in [0.3, 0.4) is 0 Å². The van der Waals surface area contributed by atoms with Gasteiger partial charge in [0.2, 0.25) is 5.91 Å². The van der Waals surface area contributed by atoms with Gasteiger partial charge in [0.1, 0.15) is 13.1 Å². The van der Waals surface area contributed by atoms with Crippen molar-refractivity contribution in [3.8, 4) is 0 Å². The highest BCUT2D eigenvalue weighted by atomic mass is 19.4. The molecule has 1 amide bonds. The van der Waals surface area contributed by atoms with Crippen LogP contribution < -0.4 is 5.32 Å². The number of hydrogen-bond donors (Lipinski definition) is 2. The van der Waals surface area contributed by atoms with Gasteiger partial charge in [0, 0.05) is 12.4 Å². The lowest BCUT2D eigenvalue weighted by Crippen LogP contribution is -2.35. The number of aliphatic hydroxyl groups excluding tert-OH is 1. The van der Waals surface area contributed by atoms with Gasteiger partial charge in [-0.15, -0.1) is 0 Å². The predicted molar refractivity (Wildman–Crippen MR) is 54.1 cm³/mol. The topological polar surface area (TPSA) is 54.3 Å². The second-order valence-electron chi connectivity index (χ2n) is 3.69. The molecule has 0 radical (unpaired) electrons. The van der Waals surface area contributed by atoms with Gasteiger partial charge in [-0.2, -0.15) is 13.2 Å². The first-order chi connectivity index (χ1) is 7.78. The molecule has 1 rings (SSSR count). The maximum atomic E-state index is 11.8. The largest absolute Gasteiger partial charge is 0.405 e. The summed E-state index contributed by atoms with van der Waals surface area (Å²) in [5.74, 6) is -0.727. The van der Waals surface area contributed by atoms with Crippen molar-refractivity contribution in [2.45, 2.75) is 25.7 Å². The summed E-state index contributed by atoms with van der Waals surface area (Å²) >= 11 is 0. The summed E-state index contributed by atoms with van der Waals surface area (Å²) in [6.45, 7) is 0.0164. The number of hydrogen-bond acceptors (Lipinski definition) is 2. The summed E-state index contributed by atoms with van der Waals surface area (Å²) < 4.78 is 36.8. The molecule has 1 aromatic rings. The van der Waals surface area contributed by atoms with Crippen molar-refractivity contribution in [1.29, 1.82) is 0 Å². The van der Waals surface area contributed by atoms with E-state index in [1.165, 1.54) is 17.0 Å². The van der Waals surface area contributed by atoms with Crippen LogP contribution in [-0.4, -0.2) is 28.3 Å². The molecular weight excluding hydrogens is 237 g/mol. The van der Waals surface area contributed by atoms with Gasteiger partial charge >= 0.3 is 6.18 Å². The third-order valence-corrected chi connectivity index (χ3v) is 2.07. The highest BCUT2D eigenvalue weighted by Gasteiger charge is 2.27. The molecule has 0 aliphatic rings. The van der Waals surface area contributed by atoms with Gasteiger partial charge in [-0.05, 0) is 18.6 Å². The number of carbonyl (C=O) groups excluding carboxylic acids is 1. The van der Waals surface area contributed by atoms with Crippen molar-refractivity contribution in [1.82, 2.24) is 9.88 Å². The van der Waals surface area contributed by atoms with E-state index in [2.05, 4.69) is 0 Å². The fourth-order valence-electron chi connectivity index (χ4n) is 1.23. The Morgan fingerprint density at radius 3 is 2.71 bits per heavy atom. The van der Waals surface area contributed by atoms with Crippen molar-refractivity contribution < 1.29 is 23.1 Å². The van der Waals surface area contributed by atoms with Gasteiger partial charge in [-0.1, -0.05) is 0 Å². The highest BCUT2D eigenvalue weighted by molar-refractivity contribution is 5.75. The van der Waals surface area contributed by atoms with E-state index in [4.69, 9.17) is 0 Å². The first-order valence-electron chi connectivity index (χ1n) is 4.95. The Balaban J connectivity index is 2.45.